The van der Waals surface area contributed by atoms with Crippen molar-refractivity contribution in [2.24, 2.45) is 0 Å². The molecule has 0 bridgehead atoms. The average Bonchev–Trinajstić information content (AvgIpc) is 3.00. The van der Waals surface area contributed by atoms with Crippen LogP contribution in [0.15, 0.2) is 84.4 Å². The summed E-state index contributed by atoms with van der Waals surface area (Å²) in [6.07, 6.45) is 0. The van der Waals surface area contributed by atoms with E-state index in [0.717, 1.165) is 5.56 Å². The molecule has 3 aromatic rings. The van der Waals surface area contributed by atoms with E-state index in [9.17, 15) is 19.1 Å². The molecule has 0 spiro atoms. The second-order valence-electron chi connectivity index (χ2n) is 6.92. The smallest absolute Gasteiger partial charge is 0.300 e. The Balaban J connectivity index is 1.94. The van der Waals surface area contributed by atoms with Gasteiger partial charge in [-0.3, -0.25) is 14.5 Å². The maximum absolute atomic E-state index is 13.3. The molecule has 4 rings (SSSR count). The lowest BCUT2D eigenvalue weighted by Crippen LogP contribution is -2.29. The summed E-state index contributed by atoms with van der Waals surface area (Å²) >= 11 is 0. The van der Waals surface area contributed by atoms with Gasteiger partial charge in [-0.2, -0.15) is 0 Å². The summed E-state index contributed by atoms with van der Waals surface area (Å²) in [4.78, 5) is 27.3. The van der Waals surface area contributed by atoms with Crippen LogP contribution in [-0.2, 0) is 9.59 Å². The summed E-state index contributed by atoms with van der Waals surface area (Å²) in [6.45, 7) is 1.94. The fourth-order valence-corrected chi connectivity index (χ4v) is 3.51. The summed E-state index contributed by atoms with van der Waals surface area (Å²) in [5.74, 6) is -2.28. The third-order valence-corrected chi connectivity index (χ3v) is 4.99. The van der Waals surface area contributed by atoms with E-state index in [2.05, 4.69) is 0 Å². The molecule has 5 heteroatoms. The molecule has 0 unspecified atom stereocenters. The van der Waals surface area contributed by atoms with E-state index in [-0.39, 0.29) is 16.9 Å². The van der Waals surface area contributed by atoms with Crippen LogP contribution in [0.25, 0.3) is 5.76 Å². The van der Waals surface area contributed by atoms with Gasteiger partial charge in [0.25, 0.3) is 11.7 Å². The van der Waals surface area contributed by atoms with Gasteiger partial charge in [0, 0.05) is 11.3 Å². The zero-order valence-corrected chi connectivity index (χ0v) is 15.7. The molecule has 1 aliphatic rings. The molecule has 0 saturated carbocycles. The van der Waals surface area contributed by atoms with E-state index in [1.165, 1.54) is 29.2 Å². The van der Waals surface area contributed by atoms with Gasteiger partial charge in [-0.15, -0.1) is 0 Å². The lowest BCUT2D eigenvalue weighted by atomic mass is 9.94. The Morgan fingerprint density at radius 2 is 1.52 bits per heavy atom. The highest BCUT2D eigenvalue weighted by Crippen LogP contribution is 2.42. The number of para-hydroxylation sites is 1. The second-order valence-corrected chi connectivity index (χ2v) is 6.92. The minimum atomic E-state index is -0.789. The Labute approximate surface area is 167 Å². The number of halogens is 1. The number of aliphatic hydroxyl groups excluding tert-OH is 1. The van der Waals surface area contributed by atoms with Crippen LogP contribution in [0.4, 0.5) is 10.1 Å². The normalized spacial score (nSPS) is 18.3. The third-order valence-electron chi connectivity index (χ3n) is 4.99. The van der Waals surface area contributed by atoms with Crippen molar-refractivity contribution in [1.29, 1.82) is 0 Å². The molecular weight excluding hydrogens is 369 g/mol. The van der Waals surface area contributed by atoms with Crippen LogP contribution >= 0.6 is 0 Å². The molecule has 0 radical (unpaired) electrons. The summed E-state index contributed by atoms with van der Waals surface area (Å²) in [5, 5.41) is 10.9. The molecule has 29 heavy (non-hydrogen) atoms. The van der Waals surface area contributed by atoms with E-state index in [1.54, 1.807) is 24.3 Å². The van der Waals surface area contributed by atoms with Crippen molar-refractivity contribution < 1.29 is 19.1 Å². The van der Waals surface area contributed by atoms with E-state index < -0.39 is 23.5 Å². The van der Waals surface area contributed by atoms with Gasteiger partial charge in [0.1, 0.15) is 11.6 Å². The minimum absolute atomic E-state index is 0.0192. The number of anilines is 1. The highest BCUT2D eigenvalue weighted by atomic mass is 19.1. The molecule has 1 aliphatic heterocycles. The Morgan fingerprint density at radius 3 is 2.14 bits per heavy atom. The lowest BCUT2D eigenvalue weighted by molar-refractivity contribution is -0.132. The number of Topliss-reactive ketones (excluding diaryl/α,β-unsaturated/α-hetero) is 1. The molecule has 0 aromatic heterocycles. The number of rotatable bonds is 3. The number of hydrogen-bond acceptors (Lipinski definition) is 3. The fraction of sp³-hybridized carbons (Fsp3) is 0.0833. The quantitative estimate of drug-likeness (QED) is 0.400. The summed E-state index contributed by atoms with van der Waals surface area (Å²) in [6, 6.07) is 20.7. The number of benzene rings is 3. The number of ketones is 1. The Bertz CT molecular complexity index is 1100. The van der Waals surface area contributed by atoms with Gasteiger partial charge in [-0.05, 0) is 48.9 Å². The predicted molar refractivity (Wildman–Crippen MR) is 109 cm³/mol. The van der Waals surface area contributed by atoms with Crippen LogP contribution in [0.1, 0.15) is 22.7 Å². The Hall–Kier alpha value is -3.73. The first-order valence-electron chi connectivity index (χ1n) is 9.16. The molecule has 1 heterocycles. The molecule has 4 nitrogen and oxygen atoms in total. The summed E-state index contributed by atoms with van der Waals surface area (Å²) < 4.78 is 13.3. The maximum atomic E-state index is 13.3. The van der Waals surface area contributed by atoms with Crippen LogP contribution in [0.2, 0.25) is 0 Å². The topological polar surface area (TPSA) is 57.6 Å². The van der Waals surface area contributed by atoms with Crippen molar-refractivity contribution in [3.63, 3.8) is 0 Å². The Kier molecular flexibility index (Phi) is 4.72. The average molecular weight is 387 g/mol. The fourth-order valence-electron chi connectivity index (χ4n) is 3.51. The lowest BCUT2D eigenvalue weighted by Gasteiger charge is -2.25. The molecule has 1 atom stereocenters. The largest absolute Gasteiger partial charge is 0.507 e. The minimum Gasteiger partial charge on any atom is -0.507 e. The van der Waals surface area contributed by atoms with Crippen molar-refractivity contribution in [1.82, 2.24) is 0 Å². The van der Waals surface area contributed by atoms with Gasteiger partial charge in [-0.1, -0.05) is 48.0 Å². The number of aryl methyl sites for hydroxylation is 1. The van der Waals surface area contributed by atoms with Gasteiger partial charge in [-0.25, -0.2) is 4.39 Å². The number of carbonyl (C=O) groups is 2. The predicted octanol–water partition coefficient (Wildman–Crippen LogP) is 4.76. The molecular formula is C24H18FNO3. The zero-order chi connectivity index (χ0) is 20.5. The highest BCUT2D eigenvalue weighted by molar-refractivity contribution is 6.51. The molecule has 3 aromatic carbocycles. The van der Waals surface area contributed by atoms with Crippen molar-refractivity contribution >= 4 is 23.1 Å². The molecule has 144 valence electrons. The van der Waals surface area contributed by atoms with Crippen molar-refractivity contribution in [2.75, 3.05) is 4.90 Å². The maximum Gasteiger partial charge on any atom is 0.300 e. The first kappa shape index (κ1) is 18.6. The molecule has 1 saturated heterocycles. The molecule has 0 aliphatic carbocycles. The van der Waals surface area contributed by atoms with Crippen LogP contribution in [0.3, 0.4) is 0 Å². The van der Waals surface area contributed by atoms with Crippen molar-refractivity contribution in [3.05, 3.63) is 107 Å². The van der Waals surface area contributed by atoms with Crippen molar-refractivity contribution in [2.45, 2.75) is 13.0 Å². The zero-order valence-electron chi connectivity index (χ0n) is 15.7. The number of carbonyl (C=O) groups excluding carboxylic acids is 2. The van der Waals surface area contributed by atoms with Crippen LogP contribution in [-0.4, -0.2) is 16.8 Å². The summed E-state index contributed by atoms with van der Waals surface area (Å²) in [5.41, 5.74) is 2.54. The monoisotopic (exact) mass is 387 g/mol. The molecule has 1 N–H and O–H groups in total. The first-order chi connectivity index (χ1) is 14.0. The van der Waals surface area contributed by atoms with Gasteiger partial charge >= 0.3 is 0 Å². The molecule has 1 amide bonds. The SMILES string of the molecule is Cc1ccc([C@@H]2C(=C(O)c3ccc(F)cc3)C(=O)C(=O)N2c2ccccc2)cc1. The van der Waals surface area contributed by atoms with Gasteiger partial charge < -0.3 is 5.11 Å². The Morgan fingerprint density at radius 1 is 0.897 bits per heavy atom. The van der Waals surface area contributed by atoms with Gasteiger partial charge in [0.2, 0.25) is 0 Å². The van der Waals surface area contributed by atoms with E-state index in [0.29, 0.717) is 11.3 Å². The van der Waals surface area contributed by atoms with Crippen LogP contribution in [0, 0.1) is 12.7 Å². The van der Waals surface area contributed by atoms with Crippen molar-refractivity contribution in [3.8, 4) is 0 Å². The highest BCUT2D eigenvalue weighted by Gasteiger charge is 2.46. The van der Waals surface area contributed by atoms with Gasteiger partial charge in [0.05, 0.1) is 11.6 Å². The second kappa shape index (κ2) is 7.36. The number of aliphatic hydroxyl groups is 1. The van der Waals surface area contributed by atoms with Crippen LogP contribution < -0.4 is 4.90 Å². The van der Waals surface area contributed by atoms with E-state index in [1.807, 2.05) is 37.3 Å². The number of amides is 1. The van der Waals surface area contributed by atoms with Crippen LogP contribution in [0.5, 0.6) is 0 Å². The summed E-state index contributed by atoms with van der Waals surface area (Å²) in [7, 11) is 0. The van der Waals surface area contributed by atoms with E-state index in [4.69, 9.17) is 0 Å². The molecule has 1 fully saturated rings. The van der Waals surface area contributed by atoms with Gasteiger partial charge in [0.15, 0.2) is 0 Å². The third kappa shape index (κ3) is 3.31. The number of nitrogens with zero attached hydrogens (tertiary/aromatic N) is 1. The van der Waals surface area contributed by atoms with E-state index >= 15 is 0 Å². The standard InChI is InChI=1S/C24H18FNO3/c1-15-7-9-16(10-8-15)21-20(22(27)17-11-13-18(25)14-12-17)23(28)24(29)26(21)19-5-3-2-4-6-19/h2-14,21,27H,1H3/t21-/m1/s1. The number of hydrogen-bond donors (Lipinski definition) is 1. The first-order valence-corrected chi connectivity index (χ1v) is 9.16.